The van der Waals surface area contributed by atoms with Gasteiger partial charge in [0, 0.05) is 6.26 Å². The Labute approximate surface area is 74.1 Å². The maximum atomic E-state index is 11.1. The van der Waals surface area contributed by atoms with E-state index in [-0.39, 0.29) is 0 Å². The normalized spacial score (nSPS) is 17.8. The molecule has 0 aromatic carbocycles. The van der Waals surface area contributed by atoms with Crippen molar-refractivity contribution in [3.05, 3.63) is 0 Å². The van der Waals surface area contributed by atoms with Gasteiger partial charge in [0.25, 0.3) is 0 Å². The van der Waals surface area contributed by atoms with Crippen molar-refractivity contribution in [2.75, 3.05) is 19.3 Å². The molecule has 74 valence electrons. The second-order valence-corrected chi connectivity index (χ2v) is 5.20. The molecule has 0 aromatic rings. The predicted molar refractivity (Wildman–Crippen MR) is 48.4 cm³/mol. The summed E-state index contributed by atoms with van der Waals surface area (Å²) in [4.78, 5) is 1.49. The van der Waals surface area contributed by atoms with Gasteiger partial charge in [-0.05, 0) is 20.0 Å². The fraction of sp³-hybridized carbons (Fsp3) is 1.00. The maximum Gasteiger partial charge on any atom is 0.219 e. The van der Waals surface area contributed by atoms with Crippen molar-refractivity contribution in [1.29, 1.82) is 0 Å². The third-order valence-corrected chi connectivity index (χ3v) is 3.72. The smallest absolute Gasteiger partial charge is 0.219 e. The van der Waals surface area contributed by atoms with Crippen LogP contribution in [0.5, 0.6) is 0 Å². The van der Waals surface area contributed by atoms with Crippen molar-refractivity contribution in [3.63, 3.8) is 0 Å². The lowest BCUT2D eigenvalue weighted by atomic mass is 10.4. The number of nitrogens with zero attached hydrogens (tertiary/aromatic N) is 1. The lowest BCUT2D eigenvalue weighted by Crippen LogP contribution is -2.51. The molecule has 0 aliphatic heterocycles. The highest BCUT2D eigenvalue weighted by molar-refractivity contribution is 7.91. The average Bonchev–Trinajstić information content (AvgIpc) is 1.87. The lowest BCUT2D eigenvalue weighted by molar-refractivity contribution is -0.0156. The molecule has 0 saturated carbocycles. The van der Waals surface area contributed by atoms with Crippen LogP contribution in [0.15, 0.2) is 0 Å². The van der Waals surface area contributed by atoms with Gasteiger partial charge in [0.05, 0.1) is 0 Å². The van der Waals surface area contributed by atoms with E-state index < -0.39 is 14.9 Å². The molecule has 0 aromatic heterocycles. The van der Waals surface area contributed by atoms with Crippen molar-refractivity contribution in [3.8, 4) is 0 Å². The first-order chi connectivity index (χ1) is 5.27. The van der Waals surface area contributed by atoms with Gasteiger partial charge in [-0.15, -0.1) is 0 Å². The van der Waals surface area contributed by atoms with Gasteiger partial charge in [-0.25, -0.2) is 8.42 Å². The van der Waals surface area contributed by atoms with Crippen molar-refractivity contribution in [2.45, 2.75) is 25.8 Å². The van der Waals surface area contributed by atoms with Crippen LogP contribution in [0, 0.1) is 0 Å². The van der Waals surface area contributed by atoms with E-state index >= 15 is 0 Å². The third-order valence-electron chi connectivity index (χ3n) is 2.05. The summed E-state index contributed by atoms with van der Waals surface area (Å²) in [6, 6.07) is 0. The van der Waals surface area contributed by atoms with Crippen LogP contribution in [0.3, 0.4) is 0 Å². The Kier molecular flexibility index (Phi) is 3.68. The highest BCUT2D eigenvalue weighted by Crippen LogP contribution is 2.16. The number of hydrogen-bond donors (Lipinski definition) is 1. The van der Waals surface area contributed by atoms with E-state index in [1.54, 1.807) is 0 Å². The zero-order valence-corrected chi connectivity index (χ0v) is 8.85. The molecule has 4 nitrogen and oxygen atoms in total. The molecule has 5 heteroatoms. The van der Waals surface area contributed by atoms with E-state index in [9.17, 15) is 13.5 Å². The van der Waals surface area contributed by atoms with E-state index in [4.69, 9.17) is 0 Å². The van der Waals surface area contributed by atoms with E-state index in [1.165, 1.54) is 11.8 Å². The Morgan fingerprint density at radius 1 is 1.33 bits per heavy atom. The molecule has 1 atom stereocenters. The minimum absolute atomic E-state index is 0.510. The first kappa shape index (κ1) is 11.9. The van der Waals surface area contributed by atoms with Crippen LogP contribution in [0.4, 0.5) is 0 Å². The summed E-state index contributed by atoms with van der Waals surface area (Å²) in [6.07, 6.45) is 1.03. The number of aliphatic hydroxyl groups is 1. The van der Waals surface area contributed by atoms with Gasteiger partial charge in [-0.2, -0.15) is 0 Å². The molecule has 0 amide bonds. The van der Waals surface area contributed by atoms with Gasteiger partial charge in [0.1, 0.15) is 0 Å². The summed E-state index contributed by atoms with van der Waals surface area (Å²) in [5.41, 5.74) is 0. The predicted octanol–water partition coefficient (Wildman–Crippen LogP) is 0.0388. The largest absolute Gasteiger partial charge is 0.363 e. The minimum atomic E-state index is -3.44. The molecule has 0 bridgehead atoms. The zero-order chi connectivity index (χ0) is 9.99. The summed E-state index contributed by atoms with van der Waals surface area (Å²) < 4.78 is 22.2. The molecular formula is C7H17NO3S. The number of hydrogen-bond acceptors (Lipinski definition) is 4. The number of rotatable bonds is 4. The minimum Gasteiger partial charge on any atom is -0.363 e. The Morgan fingerprint density at radius 2 is 1.67 bits per heavy atom. The molecule has 0 rings (SSSR count). The van der Waals surface area contributed by atoms with Crippen LogP contribution < -0.4 is 0 Å². The quantitative estimate of drug-likeness (QED) is 0.643. The molecule has 1 N–H and O–H groups in total. The van der Waals surface area contributed by atoms with Crippen molar-refractivity contribution < 1.29 is 13.5 Å². The molecule has 12 heavy (non-hydrogen) atoms. The molecule has 0 spiro atoms. The van der Waals surface area contributed by atoms with Gasteiger partial charge < -0.3 is 5.11 Å². The van der Waals surface area contributed by atoms with Crippen molar-refractivity contribution >= 4 is 9.84 Å². The van der Waals surface area contributed by atoms with Gasteiger partial charge in [-0.1, -0.05) is 13.8 Å². The zero-order valence-electron chi connectivity index (χ0n) is 8.03. The monoisotopic (exact) mass is 195 g/mol. The van der Waals surface area contributed by atoms with E-state index in [2.05, 4.69) is 0 Å². The van der Waals surface area contributed by atoms with Gasteiger partial charge in [-0.3, -0.25) is 4.90 Å². The van der Waals surface area contributed by atoms with E-state index in [1.807, 2.05) is 13.8 Å². The fourth-order valence-electron chi connectivity index (χ4n) is 1.04. The first-order valence-electron chi connectivity index (χ1n) is 3.94. The van der Waals surface area contributed by atoms with E-state index in [0.717, 1.165) is 6.26 Å². The molecule has 0 heterocycles. The SMILES string of the molecule is CCN(CC)C(C)(O)S(C)(=O)=O. The Balaban J connectivity index is 4.83. The molecule has 0 fully saturated rings. The van der Waals surface area contributed by atoms with Gasteiger partial charge in [0.15, 0.2) is 9.84 Å². The third kappa shape index (κ3) is 2.18. The lowest BCUT2D eigenvalue weighted by Gasteiger charge is -2.33. The fourth-order valence-corrected chi connectivity index (χ4v) is 1.77. The van der Waals surface area contributed by atoms with Gasteiger partial charge in [0.2, 0.25) is 5.06 Å². The van der Waals surface area contributed by atoms with Crippen LogP contribution >= 0.6 is 0 Å². The van der Waals surface area contributed by atoms with Crippen LogP contribution in [-0.4, -0.2) is 42.8 Å². The average molecular weight is 195 g/mol. The van der Waals surface area contributed by atoms with Crippen LogP contribution in [0.2, 0.25) is 0 Å². The molecular weight excluding hydrogens is 178 g/mol. The Morgan fingerprint density at radius 3 is 1.75 bits per heavy atom. The second kappa shape index (κ2) is 3.72. The summed E-state index contributed by atoms with van der Waals surface area (Å²) >= 11 is 0. The molecule has 0 aliphatic rings. The van der Waals surface area contributed by atoms with Gasteiger partial charge >= 0.3 is 0 Å². The van der Waals surface area contributed by atoms with E-state index in [0.29, 0.717) is 13.1 Å². The van der Waals surface area contributed by atoms with Crippen LogP contribution in [0.25, 0.3) is 0 Å². The maximum absolute atomic E-state index is 11.1. The molecule has 0 aliphatic carbocycles. The summed E-state index contributed by atoms with van der Waals surface area (Å²) in [6.45, 7) is 5.94. The Bertz CT molecular complexity index is 229. The van der Waals surface area contributed by atoms with Crippen molar-refractivity contribution in [1.82, 2.24) is 4.90 Å². The first-order valence-corrected chi connectivity index (χ1v) is 5.83. The highest BCUT2D eigenvalue weighted by Gasteiger charge is 2.37. The van der Waals surface area contributed by atoms with Crippen molar-refractivity contribution in [2.24, 2.45) is 0 Å². The summed E-state index contributed by atoms with van der Waals surface area (Å²) in [7, 11) is -3.44. The molecule has 1 unspecified atom stereocenters. The second-order valence-electron chi connectivity index (χ2n) is 2.88. The molecule has 0 radical (unpaired) electrons. The number of sulfone groups is 1. The standard InChI is InChI=1S/C7H17NO3S/c1-5-8(6-2)7(3,9)12(4,10)11/h9H,5-6H2,1-4H3. The Hall–Kier alpha value is -0.130. The van der Waals surface area contributed by atoms with Crippen LogP contribution in [0.1, 0.15) is 20.8 Å². The highest BCUT2D eigenvalue weighted by atomic mass is 32.2. The topological polar surface area (TPSA) is 57.6 Å². The summed E-state index contributed by atoms with van der Waals surface area (Å²) in [5, 5.41) is 7.91. The molecule has 0 saturated heterocycles. The summed E-state index contributed by atoms with van der Waals surface area (Å²) in [5.74, 6) is 0. The van der Waals surface area contributed by atoms with Crippen LogP contribution in [-0.2, 0) is 9.84 Å².